The van der Waals surface area contributed by atoms with Gasteiger partial charge in [0.2, 0.25) is 0 Å². The molecule has 0 amide bonds. The van der Waals surface area contributed by atoms with Crippen molar-refractivity contribution < 1.29 is 13.9 Å². The van der Waals surface area contributed by atoms with Crippen molar-refractivity contribution in [3.63, 3.8) is 0 Å². The van der Waals surface area contributed by atoms with Crippen LogP contribution in [0.4, 0.5) is 4.39 Å². The maximum Gasteiger partial charge on any atom is 0.161 e. The molecule has 2 rings (SSSR count). The second kappa shape index (κ2) is 10.1. The molecule has 0 heterocycles. The van der Waals surface area contributed by atoms with Crippen LogP contribution in [0.5, 0.6) is 11.5 Å². The van der Waals surface area contributed by atoms with Crippen LogP contribution in [0, 0.1) is 5.82 Å². The van der Waals surface area contributed by atoms with Crippen LogP contribution in [-0.2, 0) is 13.0 Å². The average Bonchev–Trinajstić information content (AvgIpc) is 2.54. The smallest absolute Gasteiger partial charge is 0.161 e. The van der Waals surface area contributed by atoms with Crippen molar-refractivity contribution in [2.75, 3.05) is 20.3 Å². The van der Waals surface area contributed by atoms with Crippen LogP contribution in [-0.4, -0.2) is 20.3 Å². The Bertz CT molecular complexity index is 607. The number of hydrogen-bond donors (Lipinski definition) is 1. The molecule has 0 aliphatic heterocycles. The van der Waals surface area contributed by atoms with Gasteiger partial charge in [-0.1, -0.05) is 24.3 Å². The van der Waals surface area contributed by atoms with Gasteiger partial charge in [0.15, 0.2) is 11.5 Å². The van der Waals surface area contributed by atoms with Gasteiger partial charge in [-0.2, -0.15) is 0 Å². The Morgan fingerprint density at radius 3 is 2.57 bits per heavy atom. The molecule has 0 saturated carbocycles. The molecule has 0 bridgehead atoms. The summed E-state index contributed by atoms with van der Waals surface area (Å²) >= 11 is 0. The second-order valence-electron chi connectivity index (χ2n) is 4.94. The van der Waals surface area contributed by atoms with Crippen LogP contribution in [0.25, 0.3) is 0 Å². The minimum absolute atomic E-state index is 0. The van der Waals surface area contributed by atoms with Crippen molar-refractivity contribution in [2.24, 2.45) is 0 Å². The molecule has 1 N–H and O–H groups in total. The average molecular weight is 340 g/mol. The first-order valence-electron chi connectivity index (χ1n) is 7.48. The SMILES string of the molecule is CCOc1ccc(CNCCc2ccccc2F)cc1OC.Cl. The summed E-state index contributed by atoms with van der Waals surface area (Å²) in [5, 5.41) is 3.32. The zero-order chi connectivity index (χ0) is 15.8. The first kappa shape index (κ1) is 19.3. The number of benzene rings is 2. The summed E-state index contributed by atoms with van der Waals surface area (Å²) in [5.74, 6) is 1.34. The van der Waals surface area contributed by atoms with Gasteiger partial charge in [-0.25, -0.2) is 4.39 Å². The largest absolute Gasteiger partial charge is 0.493 e. The Hall–Kier alpha value is -1.78. The fraction of sp³-hybridized carbons (Fsp3) is 0.333. The number of rotatable bonds is 8. The van der Waals surface area contributed by atoms with Crippen molar-refractivity contribution in [3.8, 4) is 11.5 Å². The molecule has 2 aromatic rings. The molecule has 0 spiro atoms. The summed E-state index contributed by atoms with van der Waals surface area (Å²) in [6.45, 7) is 3.97. The van der Waals surface area contributed by atoms with Gasteiger partial charge in [-0.05, 0) is 49.2 Å². The summed E-state index contributed by atoms with van der Waals surface area (Å²) in [4.78, 5) is 0. The Morgan fingerprint density at radius 1 is 1.09 bits per heavy atom. The van der Waals surface area contributed by atoms with Gasteiger partial charge in [0.05, 0.1) is 13.7 Å². The highest BCUT2D eigenvalue weighted by Crippen LogP contribution is 2.27. The quantitative estimate of drug-likeness (QED) is 0.738. The molecule has 0 saturated heterocycles. The molecule has 5 heteroatoms. The van der Waals surface area contributed by atoms with E-state index in [1.165, 1.54) is 6.07 Å². The molecular formula is C18H23ClFNO2. The number of hydrogen-bond acceptors (Lipinski definition) is 3. The lowest BCUT2D eigenvalue weighted by molar-refractivity contribution is 0.310. The second-order valence-corrected chi connectivity index (χ2v) is 4.94. The highest BCUT2D eigenvalue weighted by molar-refractivity contribution is 5.85. The third kappa shape index (κ3) is 5.73. The molecular weight excluding hydrogens is 317 g/mol. The number of halogens is 2. The Labute approximate surface area is 143 Å². The van der Waals surface area contributed by atoms with E-state index in [0.29, 0.717) is 19.6 Å². The van der Waals surface area contributed by atoms with E-state index >= 15 is 0 Å². The predicted molar refractivity (Wildman–Crippen MR) is 93.2 cm³/mol. The van der Waals surface area contributed by atoms with E-state index in [0.717, 1.165) is 29.2 Å². The van der Waals surface area contributed by atoms with Gasteiger partial charge in [-0.3, -0.25) is 0 Å². The van der Waals surface area contributed by atoms with E-state index in [4.69, 9.17) is 9.47 Å². The fourth-order valence-corrected chi connectivity index (χ4v) is 2.25. The van der Waals surface area contributed by atoms with Gasteiger partial charge in [-0.15, -0.1) is 12.4 Å². The van der Waals surface area contributed by atoms with E-state index in [2.05, 4.69) is 5.32 Å². The van der Waals surface area contributed by atoms with Gasteiger partial charge in [0, 0.05) is 6.54 Å². The van der Waals surface area contributed by atoms with Crippen molar-refractivity contribution in [1.82, 2.24) is 5.32 Å². The van der Waals surface area contributed by atoms with Crippen molar-refractivity contribution in [2.45, 2.75) is 19.9 Å². The summed E-state index contributed by atoms with van der Waals surface area (Å²) in [6, 6.07) is 12.7. The van der Waals surface area contributed by atoms with Crippen molar-refractivity contribution >= 4 is 12.4 Å². The highest BCUT2D eigenvalue weighted by Gasteiger charge is 2.05. The van der Waals surface area contributed by atoms with Crippen molar-refractivity contribution in [3.05, 3.63) is 59.4 Å². The Morgan fingerprint density at radius 2 is 1.87 bits per heavy atom. The fourth-order valence-electron chi connectivity index (χ4n) is 2.25. The normalized spacial score (nSPS) is 10.0. The zero-order valence-electron chi connectivity index (χ0n) is 13.5. The topological polar surface area (TPSA) is 30.5 Å². The molecule has 126 valence electrons. The van der Waals surface area contributed by atoms with E-state index in [1.54, 1.807) is 13.2 Å². The molecule has 0 unspecified atom stereocenters. The lowest BCUT2D eigenvalue weighted by atomic mass is 10.1. The van der Waals surface area contributed by atoms with Crippen molar-refractivity contribution in [1.29, 1.82) is 0 Å². The summed E-state index contributed by atoms with van der Waals surface area (Å²) < 4.78 is 24.3. The van der Waals surface area contributed by atoms with E-state index < -0.39 is 0 Å². The Balaban J connectivity index is 0.00000264. The number of ether oxygens (including phenoxy) is 2. The first-order valence-corrected chi connectivity index (χ1v) is 7.48. The maximum atomic E-state index is 13.5. The lowest BCUT2D eigenvalue weighted by Gasteiger charge is -2.11. The summed E-state index contributed by atoms with van der Waals surface area (Å²) in [7, 11) is 1.63. The highest BCUT2D eigenvalue weighted by atomic mass is 35.5. The molecule has 0 aliphatic carbocycles. The van der Waals surface area contributed by atoms with Gasteiger partial charge in [0.1, 0.15) is 5.82 Å². The van der Waals surface area contributed by atoms with Crippen LogP contribution >= 0.6 is 12.4 Å². The van der Waals surface area contributed by atoms with Crippen LogP contribution in [0.1, 0.15) is 18.1 Å². The lowest BCUT2D eigenvalue weighted by Crippen LogP contribution is -2.17. The summed E-state index contributed by atoms with van der Waals surface area (Å²) in [6.07, 6.45) is 0.667. The van der Waals surface area contributed by atoms with Crippen LogP contribution < -0.4 is 14.8 Å². The molecule has 23 heavy (non-hydrogen) atoms. The van der Waals surface area contributed by atoms with E-state index in [1.807, 2.05) is 37.3 Å². The van der Waals surface area contributed by atoms with Crippen LogP contribution in [0.2, 0.25) is 0 Å². The first-order chi connectivity index (χ1) is 10.7. The number of methoxy groups -OCH3 is 1. The third-order valence-electron chi connectivity index (χ3n) is 3.39. The maximum absolute atomic E-state index is 13.5. The van der Waals surface area contributed by atoms with Gasteiger partial charge >= 0.3 is 0 Å². The molecule has 0 aliphatic rings. The monoisotopic (exact) mass is 339 g/mol. The third-order valence-corrected chi connectivity index (χ3v) is 3.39. The minimum Gasteiger partial charge on any atom is -0.493 e. The minimum atomic E-state index is -0.146. The van der Waals surface area contributed by atoms with E-state index in [-0.39, 0.29) is 18.2 Å². The molecule has 2 aromatic carbocycles. The molecule has 0 fully saturated rings. The molecule has 3 nitrogen and oxygen atoms in total. The van der Waals surface area contributed by atoms with Crippen LogP contribution in [0.3, 0.4) is 0 Å². The molecule has 0 aromatic heterocycles. The molecule has 0 atom stereocenters. The summed E-state index contributed by atoms with van der Waals surface area (Å²) in [5.41, 5.74) is 1.84. The molecule has 0 radical (unpaired) electrons. The van der Waals surface area contributed by atoms with Gasteiger partial charge in [0.25, 0.3) is 0 Å². The standard InChI is InChI=1S/C18H22FNO2.ClH/c1-3-22-17-9-8-14(12-18(17)21-2)13-20-11-10-15-6-4-5-7-16(15)19;/h4-9,12,20H,3,10-11,13H2,1-2H3;1H. The Kier molecular flexibility index (Phi) is 8.45. The predicted octanol–water partition coefficient (Wildman–Crippen LogP) is 3.99. The van der Waals surface area contributed by atoms with Gasteiger partial charge < -0.3 is 14.8 Å². The van der Waals surface area contributed by atoms with E-state index in [9.17, 15) is 4.39 Å². The van der Waals surface area contributed by atoms with Crippen LogP contribution in [0.15, 0.2) is 42.5 Å². The number of nitrogens with one attached hydrogen (secondary N) is 1. The zero-order valence-corrected chi connectivity index (χ0v) is 14.3.